The van der Waals surface area contributed by atoms with Crippen molar-refractivity contribution < 1.29 is 14.3 Å². The number of nitrogens with zero attached hydrogens (tertiary/aromatic N) is 1. The Kier molecular flexibility index (Phi) is 6.72. The number of ether oxygens (including phenoxy) is 2. The average Bonchev–Trinajstić information content (AvgIpc) is 3.46. The van der Waals surface area contributed by atoms with E-state index >= 15 is 0 Å². The summed E-state index contributed by atoms with van der Waals surface area (Å²) in [6.07, 6.45) is 7.23. The van der Waals surface area contributed by atoms with Crippen LogP contribution in [-0.2, 0) is 0 Å². The van der Waals surface area contributed by atoms with Gasteiger partial charge in [0.25, 0.3) is 0 Å². The van der Waals surface area contributed by atoms with Crippen LogP contribution in [0.25, 0.3) is 0 Å². The van der Waals surface area contributed by atoms with Crippen LogP contribution in [0.2, 0.25) is 0 Å². The molecule has 1 N–H and O–H groups in total. The monoisotopic (exact) mass is 426 g/mol. The van der Waals surface area contributed by atoms with Crippen LogP contribution in [-0.4, -0.2) is 36.9 Å². The molecule has 0 bridgehead atoms. The molecule has 0 radical (unpaired) electrons. The molecule has 2 amide bonds. The number of urea groups is 1. The molecule has 6 heteroatoms. The third-order valence-corrected chi connectivity index (χ3v) is 7.37. The van der Waals surface area contributed by atoms with Gasteiger partial charge in [0, 0.05) is 34.0 Å². The van der Waals surface area contributed by atoms with E-state index in [1.807, 2.05) is 47.0 Å². The summed E-state index contributed by atoms with van der Waals surface area (Å²) in [6.45, 7) is 0.737. The first kappa shape index (κ1) is 20.9. The minimum atomic E-state index is -0.0634. The van der Waals surface area contributed by atoms with Crippen molar-refractivity contribution in [3.63, 3.8) is 0 Å². The first-order chi connectivity index (χ1) is 14.7. The Balaban J connectivity index is 1.42. The van der Waals surface area contributed by atoms with E-state index in [2.05, 4.69) is 17.4 Å². The topological polar surface area (TPSA) is 50.8 Å². The third-order valence-electron chi connectivity index (χ3n) is 6.02. The van der Waals surface area contributed by atoms with Crippen LogP contribution in [0.5, 0.6) is 11.5 Å². The van der Waals surface area contributed by atoms with Crippen LogP contribution in [0, 0.1) is 0 Å². The van der Waals surface area contributed by atoms with E-state index in [0.717, 1.165) is 47.4 Å². The number of carbonyl (C=O) groups is 1. The Labute approximate surface area is 183 Å². The average molecular weight is 427 g/mol. The highest BCUT2D eigenvalue weighted by Gasteiger charge is 2.32. The van der Waals surface area contributed by atoms with Gasteiger partial charge in [0.05, 0.1) is 20.3 Å². The lowest BCUT2D eigenvalue weighted by atomic mass is 10.0. The first-order valence-corrected chi connectivity index (χ1v) is 11.6. The quantitative estimate of drug-likeness (QED) is 0.606. The summed E-state index contributed by atoms with van der Waals surface area (Å²) < 4.78 is 10.9. The molecular formula is C24H30N2O3S. The van der Waals surface area contributed by atoms with E-state index in [1.165, 1.54) is 30.6 Å². The largest absolute Gasteiger partial charge is 0.497 e. The molecule has 2 aromatic carbocycles. The van der Waals surface area contributed by atoms with Crippen LogP contribution < -0.4 is 14.8 Å². The predicted octanol–water partition coefficient (Wildman–Crippen LogP) is 6.11. The maximum absolute atomic E-state index is 13.0. The Bertz CT molecular complexity index is 865. The number of hydrogen-bond donors (Lipinski definition) is 1. The molecule has 2 aliphatic rings. The van der Waals surface area contributed by atoms with Gasteiger partial charge in [0.1, 0.15) is 11.5 Å². The lowest BCUT2D eigenvalue weighted by Gasteiger charge is -2.27. The SMILES string of the molecule is COc1ccc(C2CCCN2C(=O)Nc2ccc(SC3CCCC3)cc2)c(OC)c1. The molecule has 0 aromatic heterocycles. The van der Waals surface area contributed by atoms with E-state index in [9.17, 15) is 4.79 Å². The van der Waals surface area contributed by atoms with Gasteiger partial charge in [-0.2, -0.15) is 0 Å². The molecule has 1 atom stereocenters. The summed E-state index contributed by atoms with van der Waals surface area (Å²) in [7, 11) is 3.30. The predicted molar refractivity (Wildman–Crippen MR) is 122 cm³/mol. The molecule has 30 heavy (non-hydrogen) atoms. The minimum absolute atomic E-state index is 0.00283. The Morgan fingerprint density at radius 1 is 1.00 bits per heavy atom. The van der Waals surface area contributed by atoms with Crippen molar-refractivity contribution in [1.82, 2.24) is 4.90 Å². The van der Waals surface area contributed by atoms with Gasteiger partial charge in [0.2, 0.25) is 0 Å². The summed E-state index contributed by atoms with van der Waals surface area (Å²) >= 11 is 1.96. The number of hydrogen-bond acceptors (Lipinski definition) is 4. The second-order valence-electron chi connectivity index (χ2n) is 7.94. The number of rotatable bonds is 6. The van der Waals surface area contributed by atoms with Crippen molar-refractivity contribution in [3.8, 4) is 11.5 Å². The van der Waals surface area contributed by atoms with Gasteiger partial charge >= 0.3 is 6.03 Å². The molecular weight excluding hydrogens is 396 g/mol. The molecule has 0 spiro atoms. The molecule has 2 aromatic rings. The van der Waals surface area contributed by atoms with Crippen molar-refractivity contribution in [2.45, 2.75) is 54.7 Å². The molecule has 5 nitrogen and oxygen atoms in total. The van der Waals surface area contributed by atoms with Crippen molar-refractivity contribution in [2.24, 2.45) is 0 Å². The van der Waals surface area contributed by atoms with Crippen LogP contribution >= 0.6 is 11.8 Å². The Hall–Kier alpha value is -2.34. The number of benzene rings is 2. The van der Waals surface area contributed by atoms with Gasteiger partial charge < -0.3 is 19.7 Å². The van der Waals surface area contributed by atoms with Gasteiger partial charge in [-0.3, -0.25) is 0 Å². The van der Waals surface area contributed by atoms with Crippen molar-refractivity contribution in [2.75, 3.05) is 26.1 Å². The van der Waals surface area contributed by atoms with E-state index < -0.39 is 0 Å². The third kappa shape index (κ3) is 4.69. The maximum Gasteiger partial charge on any atom is 0.322 e. The van der Waals surface area contributed by atoms with Crippen molar-refractivity contribution >= 4 is 23.5 Å². The second-order valence-corrected chi connectivity index (χ2v) is 9.31. The summed E-state index contributed by atoms with van der Waals surface area (Å²) in [4.78, 5) is 16.2. The Morgan fingerprint density at radius 2 is 1.77 bits per heavy atom. The zero-order chi connectivity index (χ0) is 20.9. The number of thioether (sulfide) groups is 1. The first-order valence-electron chi connectivity index (χ1n) is 10.7. The van der Waals surface area contributed by atoms with Crippen LogP contribution in [0.1, 0.15) is 50.1 Å². The van der Waals surface area contributed by atoms with Crippen molar-refractivity contribution in [1.29, 1.82) is 0 Å². The zero-order valence-electron chi connectivity index (χ0n) is 17.7. The number of amides is 2. The van der Waals surface area contributed by atoms with Crippen LogP contribution in [0.15, 0.2) is 47.4 Å². The van der Waals surface area contributed by atoms with Gasteiger partial charge in [-0.15, -0.1) is 11.8 Å². The Morgan fingerprint density at radius 3 is 2.47 bits per heavy atom. The van der Waals surface area contributed by atoms with Gasteiger partial charge in [-0.05, 0) is 62.1 Å². The van der Waals surface area contributed by atoms with Gasteiger partial charge in [0.15, 0.2) is 0 Å². The van der Waals surface area contributed by atoms with Gasteiger partial charge in [-0.1, -0.05) is 12.8 Å². The smallest absolute Gasteiger partial charge is 0.322 e. The number of anilines is 1. The number of likely N-dealkylation sites (tertiary alicyclic amines) is 1. The molecule has 1 saturated carbocycles. The molecule has 1 saturated heterocycles. The van der Waals surface area contributed by atoms with E-state index in [1.54, 1.807) is 14.2 Å². The molecule has 2 fully saturated rings. The highest BCUT2D eigenvalue weighted by Crippen LogP contribution is 2.39. The normalized spacial score (nSPS) is 19.1. The van der Waals surface area contributed by atoms with E-state index in [-0.39, 0.29) is 12.1 Å². The summed E-state index contributed by atoms with van der Waals surface area (Å²) in [6, 6.07) is 14.0. The van der Waals surface area contributed by atoms with Crippen LogP contribution in [0.4, 0.5) is 10.5 Å². The fourth-order valence-electron chi connectivity index (χ4n) is 4.44. The molecule has 1 unspecified atom stereocenters. The lowest BCUT2D eigenvalue weighted by Crippen LogP contribution is -2.34. The second kappa shape index (κ2) is 9.65. The number of nitrogens with one attached hydrogen (secondary N) is 1. The minimum Gasteiger partial charge on any atom is -0.497 e. The maximum atomic E-state index is 13.0. The standard InChI is InChI=1S/C24H30N2O3S/c1-28-18-11-14-21(23(16-18)29-2)22-8-5-15-26(22)24(27)25-17-9-12-20(13-10-17)30-19-6-3-4-7-19/h9-14,16,19,22H,3-8,15H2,1-2H3,(H,25,27). The fourth-order valence-corrected chi connectivity index (χ4v) is 5.68. The molecule has 4 rings (SSSR count). The molecule has 1 aliphatic heterocycles. The van der Waals surface area contributed by atoms with Crippen LogP contribution in [0.3, 0.4) is 0 Å². The lowest BCUT2D eigenvalue weighted by molar-refractivity contribution is 0.206. The molecule has 1 heterocycles. The van der Waals surface area contributed by atoms with E-state index in [4.69, 9.17) is 9.47 Å². The summed E-state index contributed by atoms with van der Waals surface area (Å²) in [5, 5.41) is 3.82. The summed E-state index contributed by atoms with van der Waals surface area (Å²) in [5.74, 6) is 1.51. The highest BCUT2D eigenvalue weighted by atomic mass is 32.2. The molecule has 1 aliphatic carbocycles. The summed E-state index contributed by atoms with van der Waals surface area (Å²) in [5.41, 5.74) is 1.86. The fraction of sp³-hybridized carbons (Fsp3) is 0.458. The number of methoxy groups -OCH3 is 2. The van der Waals surface area contributed by atoms with Crippen molar-refractivity contribution in [3.05, 3.63) is 48.0 Å². The number of carbonyl (C=O) groups excluding carboxylic acids is 1. The highest BCUT2D eigenvalue weighted by molar-refractivity contribution is 8.00. The van der Waals surface area contributed by atoms with Gasteiger partial charge in [-0.25, -0.2) is 4.79 Å². The molecule has 160 valence electrons. The zero-order valence-corrected chi connectivity index (χ0v) is 18.5. The van der Waals surface area contributed by atoms with E-state index in [0.29, 0.717) is 0 Å².